The van der Waals surface area contributed by atoms with Crippen molar-refractivity contribution in [3.63, 3.8) is 0 Å². The molecule has 0 saturated carbocycles. The van der Waals surface area contributed by atoms with E-state index in [1.165, 1.54) is 12.1 Å². The summed E-state index contributed by atoms with van der Waals surface area (Å²) >= 11 is 5.76. The quantitative estimate of drug-likeness (QED) is 0.496. The van der Waals surface area contributed by atoms with Gasteiger partial charge < -0.3 is 20.1 Å². The number of nitrogens with zero attached hydrogens (tertiary/aromatic N) is 1. The molecule has 1 atom stereocenters. The number of fused-ring (bicyclic) bond motifs is 1. The fourth-order valence-corrected chi connectivity index (χ4v) is 3.36. The van der Waals surface area contributed by atoms with Crippen LogP contribution in [-0.2, 0) is 4.79 Å². The van der Waals surface area contributed by atoms with E-state index in [2.05, 4.69) is 10.6 Å². The van der Waals surface area contributed by atoms with E-state index in [4.69, 9.17) is 21.1 Å². The van der Waals surface area contributed by atoms with Crippen LogP contribution < -0.4 is 20.1 Å². The Morgan fingerprint density at radius 2 is 1.84 bits per heavy atom. The van der Waals surface area contributed by atoms with Crippen molar-refractivity contribution in [3.8, 4) is 11.5 Å². The summed E-state index contributed by atoms with van der Waals surface area (Å²) in [5.74, 6) is 0.344. The first-order chi connectivity index (χ1) is 14.8. The summed E-state index contributed by atoms with van der Waals surface area (Å²) in [4.78, 5) is 35.1. The highest BCUT2D eigenvalue weighted by Gasteiger charge is 2.22. The third-order valence-electron chi connectivity index (χ3n) is 4.72. The summed E-state index contributed by atoms with van der Waals surface area (Å²) in [7, 11) is 0. The zero-order valence-electron chi connectivity index (χ0n) is 17.0. The van der Waals surface area contributed by atoms with Crippen LogP contribution in [0.2, 0.25) is 5.02 Å². The van der Waals surface area contributed by atoms with E-state index in [0.29, 0.717) is 24.7 Å². The number of hydrogen-bond acceptors (Lipinski definition) is 6. The van der Waals surface area contributed by atoms with Gasteiger partial charge in [0.1, 0.15) is 18.2 Å². The van der Waals surface area contributed by atoms with Crippen LogP contribution in [0.25, 0.3) is 0 Å². The SMILES string of the molecule is CC(C)[C@H](NC(=O)CNC(=O)c1ccc(Cl)c([N+](=O)[O-])c1)c1ccc2c(c1)OCCO2. The molecule has 10 heteroatoms. The average Bonchev–Trinajstić information content (AvgIpc) is 2.75. The van der Waals surface area contributed by atoms with Crippen molar-refractivity contribution in [1.82, 2.24) is 10.6 Å². The molecule has 0 bridgehead atoms. The maximum atomic E-state index is 12.5. The van der Waals surface area contributed by atoms with Gasteiger partial charge in [-0.3, -0.25) is 19.7 Å². The highest BCUT2D eigenvalue weighted by Crippen LogP contribution is 2.34. The Balaban J connectivity index is 1.64. The van der Waals surface area contributed by atoms with Crippen molar-refractivity contribution in [2.45, 2.75) is 19.9 Å². The third-order valence-corrected chi connectivity index (χ3v) is 5.04. The minimum atomic E-state index is -0.674. The van der Waals surface area contributed by atoms with Crippen LogP contribution in [0, 0.1) is 16.0 Å². The predicted octanol–water partition coefficient (Wildman–Crippen LogP) is 3.26. The molecule has 0 aromatic heterocycles. The lowest BCUT2D eigenvalue weighted by molar-refractivity contribution is -0.384. The van der Waals surface area contributed by atoms with Gasteiger partial charge in [-0.15, -0.1) is 0 Å². The summed E-state index contributed by atoms with van der Waals surface area (Å²) in [5.41, 5.74) is 0.514. The standard InChI is InChI=1S/C21H22ClN3O6/c1-12(2)20(13-4-6-17-18(10-13)31-8-7-30-17)24-19(26)11-23-21(27)14-3-5-15(22)16(9-14)25(28)29/h3-6,9-10,12,20H,7-8,11H2,1-2H3,(H,23,27)(H,24,26)/t20-/m0/s1. The van der Waals surface area contributed by atoms with Gasteiger partial charge in [0.15, 0.2) is 11.5 Å². The first-order valence-corrected chi connectivity index (χ1v) is 10.0. The zero-order chi connectivity index (χ0) is 22.5. The number of carbonyl (C=O) groups excluding carboxylic acids is 2. The van der Waals surface area contributed by atoms with Crippen molar-refractivity contribution >= 4 is 29.1 Å². The van der Waals surface area contributed by atoms with Crippen LogP contribution in [0.5, 0.6) is 11.5 Å². The molecule has 2 aromatic rings. The molecule has 1 aliphatic rings. The van der Waals surface area contributed by atoms with Gasteiger partial charge in [0.05, 0.1) is 17.5 Å². The molecule has 0 fully saturated rings. The Bertz CT molecular complexity index is 1010. The van der Waals surface area contributed by atoms with E-state index in [0.717, 1.165) is 11.6 Å². The van der Waals surface area contributed by atoms with Crippen LogP contribution >= 0.6 is 11.6 Å². The number of nitro groups is 1. The summed E-state index contributed by atoms with van der Waals surface area (Å²) in [5, 5.41) is 16.3. The second-order valence-electron chi connectivity index (χ2n) is 7.30. The molecule has 9 nitrogen and oxygen atoms in total. The number of halogens is 1. The predicted molar refractivity (Wildman–Crippen MR) is 114 cm³/mol. The molecule has 0 unspecified atom stereocenters. The van der Waals surface area contributed by atoms with Crippen LogP contribution in [0.3, 0.4) is 0 Å². The lowest BCUT2D eigenvalue weighted by Crippen LogP contribution is -2.40. The molecular formula is C21H22ClN3O6. The van der Waals surface area contributed by atoms with Crippen LogP contribution in [0.4, 0.5) is 5.69 Å². The molecule has 1 aliphatic heterocycles. The summed E-state index contributed by atoms with van der Waals surface area (Å²) in [6, 6.07) is 8.90. The number of hydrogen-bond donors (Lipinski definition) is 2. The number of carbonyl (C=O) groups is 2. The van der Waals surface area contributed by atoms with Gasteiger partial charge in [0, 0.05) is 11.6 Å². The third kappa shape index (κ3) is 5.43. The Kier molecular flexibility index (Phi) is 6.96. The van der Waals surface area contributed by atoms with Gasteiger partial charge in [-0.05, 0) is 35.7 Å². The fraction of sp³-hybridized carbons (Fsp3) is 0.333. The van der Waals surface area contributed by atoms with E-state index < -0.39 is 16.7 Å². The Labute approximate surface area is 183 Å². The van der Waals surface area contributed by atoms with E-state index in [1.807, 2.05) is 26.0 Å². The van der Waals surface area contributed by atoms with Gasteiger partial charge in [0.2, 0.25) is 5.91 Å². The second kappa shape index (κ2) is 9.65. The molecule has 2 amide bonds. The van der Waals surface area contributed by atoms with Gasteiger partial charge in [-0.1, -0.05) is 31.5 Å². The molecule has 31 heavy (non-hydrogen) atoms. The number of amides is 2. The first kappa shape index (κ1) is 22.4. The Morgan fingerprint density at radius 3 is 2.52 bits per heavy atom. The molecular weight excluding hydrogens is 426 g/mol. The number of ether oxygens (including phenoxy) is 2. The van der Waals surface area contributed by atoms with E-state index in [9.17, 15) is 19.7 Å². The van der Waals surface area contributed by atoms with Crippen molar-refractivity contribution in [1.29, 1.82) is 0 Å². The smallest absolute Gasteiger partial charge is 0.288 e. The minimum absolute atomic E-state index is 0.0381. The molecule has 1 heterocycles. The zero-order valence-corrected chi connectivity index (χ0v) is 17.8. The van der Waals surface area contributed by atoms with Crippen molar-refractivity contribution in [2.24, 2.45) is 5.92 Å². The van der Waals surface area contributed by atoms with E-state index >= 15 is 0 Å². The Morgan fingerprint density at radius 1 is 1.13 bits per heavy atom. The average molecular weight is 448 g/mol. The number of nitrogens with one attached hydrogen (secondary N) is 2. The topological polar surface area (TPSA) is 120 Å². The lowest BCUT2D eigenvalue weighted by atomic mass is 9.95. The van der Waals surface area contributed by atoms with Crippen molar-refractivity contribution < 1.29 is 24.0 Å². The maximum Gasteiger partial charge on any atom is 0.288 e. The van der Waals surface area contributed by atoms with Crippen molar-refractivity contribution in [3.05, 3.63) is 62.7 Å². The molecule has 2 aromatic carbocycles. The van der Waals surface area contributed by atoms with Gasteiger partial charge >= 0.3 is 0 Å². The van der Waals surface area contributed by atoms with Crippen LogP contribution in [-0.4, -0.2) is 36.5 Å². The largest absolute Gasteiger partial charge is 0.486 e. The highest BCUT2D eigenvalue weighted by molar-refractivity contribution is 6.32. The summed E-state index contributed by atoms with van der Waals surface area (Å²) < 4.78 is 11.1. The normalized spacial score (nSPS) is 13.4. The molecule has 0 spiro atoms. The monoisotopic (exact) mass is 447 g/mol. The number of benzene rings is 2. The molecule has 164 valence electrons. The van der Waals surface area contributed by atoms with E-state index in [1.54, 1.807) is 6.07 Å². The maximum absolute atomic E-state index is 12.5. The van der Waals surface area contributed by atoms with Crippen molar-refractivity contribution in [2.75, 3.05) is 19.8 Å². The number of rotatable bonds is 7. The van der Waals surface area contributed by atoms with Crippen LogP contribution in [0.1, 0.15) is 35.8 Å². The molecule has 3 rings (SSSR count). The lowest BCUT2D eigenvalue weighted by Gasteiger charge is -2.25. The molecule has 0 saturated heterocycles. The van der Waals surface area contributed by atoms with Gasteiger partial charge in [0.25, 0.3) is 11.6 Å². The molecule has 0 aliphatic carbocycles. The van der Waals surface area contributed by atoms with Gasteiger partial charge in [-0.2, -0.15) is 0 Å². The first-order valence-electron chi connectivity index (χ1n) is 9.67. The molecule has 0 radical (unpaired) electrons. The minimum Gasteiger partial charge on any atom is -0.486 e. The summed E-state index contributed by atoms with van der Waals surface area (Å²) in [6.07, 6.45) is 0. The van der Waals surface area contributed by atoms with E-state index in [-0.39, 0.29) is 34.8 Å². The Hall–Kier alpha value is -3.33. The summed E-state index contributed by atoms with van der Waals surface area (Å²) in [6.45, 7) is 4.60. The second-order valence-corrected chi connectivity index (χ2v) is 7.71. The van der Waals surface area contributed by atoms with Gasteiger partial charge in [-0.25, -0.2) is 0 Å². The number of nitro benzene ring substituents is 1. The van der Waals surface area contributed by atoms with Crippen LogP contribution in [0.15, 0.2) is 36.4 Å². The highest BCUT2D eigenvalue weighted by atomic mass is 35.5. The molecule has 2 N–H and O–H groups in total. The fourth-order valence-electron chi connectivity index (χ4n) is 3.17.